The molecule has 0 saturated carbocycles. The number of carbonyl (C=O) groups is 1. The molecule has 0 saturated heterocycles. The molecule has 0 radical (unpaired) electrons. The van der Waals surface area contributed by atoms with Crippen LogP contribution in [0.5, 0.6) is 5.88 Å². The molecule has 2 aromatic heterocycles. The fourth-order valence-corrected chi connectivity index (χ4v) is 2.46. The molecule has 116 valence electrons. The molecule has 0 aliphatic carbocycles. The van der Waals surface area contributed by atoms with E-state index in [9.17, 15) is 9.90 Å². The van der Waals surface area contributed by atoms with Crippen molar-refractivity contribution in [3.05, 3.63) is 53.2 Å². The number of carboxylic acids is 1. The summed E-state index contributed by atoms with van der Waals surface area (Å²) in [5, 5.41) is 10.5. The van der Waals surface area contributed by atoms with Gasteiger partial charge in [-0.3, -0.25) is 0 Å². The number of carboxylic acid groups (broad SMARTS) is 1. The van der Waals surface area contributed by atoms with Crippen LogP contribution in [-0.2, 0) is 0 Å². The SMILES string of the molecule is CCOc1ccc(-c2cc(C(=O)O)c3ccc(Cl)cc3n2)cn1. The van der Waals surface area contributed by atoms with Crippen LogP contribution >= 0.6 is 11.6 Å². The smallest absolute Gasteiger partial charge is 0.336 e. The summed E-state index contributed by atoms with van der Waals surface area (Å²) in [7, 11) is 0. The summed E-state index contributed by atoms with van der Waals surface area (Å²) in [6.45, 7) is 2.41. The Kier molecular flexibility index (Phi) is 4.12. The molecule has 0 unspecified atom stereocenters. The molecule has 0 aliphatic rings. The van der Waals surface area contributed by atoms with E-state index in [1.54, 1.807) is 36.5 Å². The highest BCUT2D eigenvalue weighted by Crippen LogP contribution is 2.27. The largest absolute Gasteiger partial charge is 0.478 e. The Morgan fingerprint density at radius 2 is 2.09 bits per heavy atom. The van der Waals surface area contributed by atoms with Gasteiger partial charge in [0, 0.05) is 28.2 Å². The zero-order chi connectivity index (χ0) is 16.4. The van der Waals surface area contributed by atoms with Crippen molar-refractivity contribution in [2.45, 2.75) is 6.92 Å². The minimum Gasteiger partial charge on any atom is -0.478 e. The molecule has 2 heterocycles. The molecule has 0 bridgehead atoms. The minimum atomic E-state index is -1.01. The summed E-state index contributed by atoms with van der Waals surface area (Å²) in [5.74, 6) is -0.501. The number of pyridine rings is 2. The predicted molar refractivity (Wildman–Crippen MR) is 88.1 cm³/mol. The van der Waals surface area contributed by atoms with Crippen LogP contribution in [-0.4, -0.2) is 27.7 Å². The number of rotatable bonds is 4. The normalized spacial score (nSPS) is 10.7. The number of ether oxygens (including phenoxy) is 1. The second-order valence-corrected chi connectivity index (χ2v) is 5.28. The number of hydrogen-bond donors (Lipinski definition) is 1. The Hall–Kier alpha value is -2.66. The first-order chi connectivity index (χ1) is 11.1. The van der Waals surface area contributed by atoms with Crippen LogP contribution in [0.25, 0.3) is 22.2 Å². The Morgan fingerprint density at radius 1 is 1.26 bits per heavy atom. The van der Waals surface area contributed by atoms with Gasteiger partial charge in [-0.05, 0) is 31.2 Å². The lowest BCUT2D eigenvalue weighted by atomic mass is 10.1. The summed E-state index contributed by atoms with van der Waals surface area (Å²) < 4.78 is 5.30. The molecular weight excluding hydrogens is 316 g/mol. The van der Waals surface area contributed by atoms with E-state index in [4.69, 9.17) is 16.3 Å². The lowest BCUT2D eigenvalue weighted by molar-refractivity contribution is 0.0699. The van der Waals surface area contributed by atoms with Crippen molar-refractivity contribution in [1.82, 2.24) is 9.97 Å². The Balaban J connectivity index is 2.15. The third kappa shape index (κ3) is 3.10. The first kappa shape index (κ1) is 15.2. The first-order valence-electron chi connectivity index (χ1n) is 7.01. The minimum absolute atomic E-state index is 0.176. The number of nitrogens with zero attached hydrogens (tertiary/aromatic N) is 2. The molecule has 1 aromatic carbocycles. The van der Waals surface area contributed by atoms with Crippen molar-refractivity contribution in [3.8, 4) is 17.1 Å². The van der Waals surface area contributed by atoms with Gasteiger partial charge in [-0.2, -0.15) is 0 Å². The third-order valence-corrected chi connectivity index (χ3v) is 3.56. The average Bonchev–Trinajstić information content (AvgIpc) is 2.54. The second-order valence-electron chi connectivity index (χ2n) is 4.84. The summed E-state index contributed by atoms with van der Waals surface area (Å²) in [6.07, 6.45) is 1.61. The molecule has 0 atom stereocenters. The summed E-state index contributed by atoms with van der Waals surface area (Å²) in [5.41, 5.74) is 1.93. The van der Waals surface area contributed by atoms with E-state index in [1.807, 2.05) is 6.92 Å². The monoisotopic (exact) mass is 328 g/mol. The molecule has 3 aromatic rings. The molecule has 0 amide bonds. The molecule has 1 N–H and O–H groups in total. The van der Waals surface area contributed by atoms with E-state index in [-0.39, 0.29) is 5.56 Å². The molecule has 23 heavy (non-hydrogen) atoms. The molecule has 0 spiro atoms. The van der Waals surface area contributed by atoms with Crippen molar-refractivity contribution in [1.29, 1.82) is 0 Å². The van der Waals surface area contributed by atoms with Crippen molar-refractivity contribution in [2.24, 2.45) is 0 Å². The van der Waals surface area contributed by atoms with Gasteiger partial charge >= 0.3 is 5.97 Å². The Bertz CT molecular complexity index is 879. The third-order valence-electron chi connectivity index (χ3n) is 3.33. The molecule has 6 heteroatoms. The summed E-state index contributed by atoms with van der Waals surface area (Å²) in [4.78, 5) is 20.2. The topological polar surface area (TPSA) is 72.3 Å². The number of hydrogen-bond acceptors (Lipinski definition) is 4. The van der Waals surface area contributed by atoms with E-state index in [2.05, 4.69) is 9.97 Å². The van der Waals surface area contributed by atoms with Crippen LogP contribution < -0.4 is 4.74 Å². The number of halogens is 1. The second kappa shape index (κ2) is 6.22. The standard InChI is InChI=1S/C17H13ClN2O3/c1-2-23-16-6-3-10(9-19-16)14-8-13(17(21)22)12-5-4-11(18)7-15(12)20-14/h3-9H,2H2,1H3,(H,21,22). The predicted octanol–water partition coefficient (Wildman–Crippen LogP) is 4.05. The van der Waals surface area contributed by atoms with Crippen molar-refractivity contribution in [3.63, 3.8) is 0 Å². The lowest BCUT2D eigenvalue weighted by Crippen LogP contribution is -2.00. The highest BCUT2D eigenvalue weighted by atomic mass is 35.5. The zero-order valence-electron chi connectivity index (χ0n) is 12.3. The van der Waals surface area contributed by atoms with Crippen LogP contribution in [0.4, 0.5) is 0 Å². The van der Waals surface area contributed by atoms with Gasteiger partial charge in [0.05, 0.1) is 23.4 Å². The molecule has 3 rings (SSSR count). The summed E-state index contributed by atoms with van der Waals surface area (Å²) in [6, 6.07) is 10.0. The van der Waals surface area contributed by atoms with Gasteiger partial charge in [0.15, 0.2) is 0 Å². The van der Waals surface area contributed by atoms with Crippen LogP contribution in [0.3, 0.4) is 0 Å². The average molecular weight is 329 g/mol. The number of benzene rings is 1. The fraction of sp³-hybridized carbons (Fsp3) is 0.118. The molecule has 5 nitrogen and oxygen atoms in total. The van der Waals surface area contributed by atoms with Gasteiger partial charge in [-0.15, -0.1) is 0 Å². The highest BCUT2D eigenvalue weighted by molar-refractivity contribution is 6.31. The molecule has 0 aliphatic heterocycles. The number of fused-ring (bicyclic) bond motifs is 1. The van der Waals surface area contributed by atoms with Gasteiger partial charge in [0.2, 0.25) is 5.88 Å². The number of aromatic nitrogens is 2. The van der Waals surface area contributed by atoms with E-state index >= 15 is 0 Å². The Labute approximate surface area is 137 Å². The Morgan fingerprint density at radius 3 is 2.74 bits per heavy atom. The van der Waals surface area contributed by atoms with Crippen molar-refractivity contribution >= 4 is 28.5 Å². The maximum atomic E-state index is 11.5. The maximum absolute atomic E-state index is 11.5. The van der Waals surface area contributed by atoms with Crippen LogP contribution in [0.15, 0.2) is 42.6 Å². The van der Waals surface area contributed by atoms with E-state index in [1.165, 1.54) is 6.07 Å². The van der Waals surface area contributed by atoms with Gasteiger partial charge in [-0.25, -0.2) is 14.8 Å². The quantitative estimate of drug-likeness (QED) is 0.782. The van der Waals surface area contributed by atoms with Crippen LogP contribution in [0.1, 0.15) is 17.3 Å². The lowest BCUT2D eigenvalue weighted by Gasteiger charge is -2.08. The van der Waals surface area contributed by atoms with E-state index < -0.39 is 5.97 Å². The molecular formula is C17H13ClN2O3. The number of aromatic carboxylic acids is 1. The van der Waals surface area contributed by atoms with Gasteiger partial charge < -0.3 is 9.84 Å². The van der Waals surface area contributed by atoms with Gasteiger partial charge in [-0.1, -0.05) is 17.7 Å². The first-order valence-corrected chi connectivity index (χ1v) is 7.39. The maximum Gasteiger partial charge on any atom is 0.336 e. The van der Waals surface area contributed by atoms with Gasteiger partial charge in [0.1, 0.15) is 0 Å². The van der Waals surface area contributed by atoms with E-state index in [0.29, 0.717) is 39.7 Å². The van der Waals surface area contributed by atoms with Gasteiger partial charge in [0.25, 0.3) is 0 Å². The van der Waals surface area contributed by atoms with Crippen molar-refractivity contribution in [2.75, 3.05) is 6.61 Å². The van der Waals surface area contributed by atoms with E-state index in [0.717, 1.165) is 0 Å². The van der Waals surface area contributed by atoms with Crippen molar-refractivity contribution < 1.29 is 14.6 Å². The molecule has 0 fully saturated rings. The highest BCUT2D eigenvalue weighted by Gasteiger charge is 2.13. The fourth-order valence-electron chi connectivity index (χ4n) is 2.29. The zero-order valence-corrected chi connectivity index (χ0v) is 13.0. The summed E-state index contributed by atoms with van der Waals surface area (Å²) >= 11 is 5.99. The van der Waals surface area contributed by atoms with Crippen LogP contribution in [0, 0.1) is 0 Å². The van der Waals surface area contributed by atoms with Crippen LogP contribution in [0.2, 0.25) is 5.02 Å².